The van der Waals surface area contributed by atoms with E-state index in [1.54, 1.807) is 19.2 Å². The Labute approximate surface area is 143 Å². The monoisotopic (exact) mass is 330 g/mol. The number of hydrogen-bond donors (Lipinski definition) is 2. The summed E-state index contributed by atoms with van der Waals surface area (Å²) in [5, 5.41) is 5.61. The van der Waals surface area contributed by atoms with Gasteiger partial charge < -0.3 is 15.5 Å². The quantitative estimate of drug-likeness (QED) is 0.872. The molecule has 2 fully saturated rings. The third-order valence-corrected chi connectivity index (χ3v) is 5.17. The van der Waals surface area contributed by atoms with Gasteiger partial charge in [-0.3, -0.25) is 9.69 Å². The van der Waals surface area contributed by atoms with Crippen LogP contribution in [0.3, 0.4) is 0 Å². The zero-order chi connectivity index (χ0) is 17.1. The maximum Gasteiger partial charge on any atom is 0.321 e. The minimum atomic E-state index is -0.139. The fourth-order valence-corrected chi connectivity index (χ4v) is 3.69. The molecule has 130 valence electrons. The maximum absolute atomic E-state index is 12.6. The van der Waals surface area contributed by atoms with Crippen molar-refractivity contribution in [3.05, 3.63) is 29.3 Å². The molecule has 0 aromatic heterocycles. The van der Waals surface area contributed by atoms with Crippen molar-refractivity contribution in [3.8, 4) is 0 Å². The standard InChI is InChI=1S/C18H26N4O2/c1-13-15(17(23)19-2)7-5-8-16(13)20-18(24)22-11-10-21-9-4-3-6-14(21)12-22/h5,7-8,14H,3-4,6,9-12H2,1-2H3,(H,19,23)(H,20,24). The van der Waals surface area contributed by atoms with Crippen molar-refractivity contribution in [2.45, 2.75) is 32.2 Å². The topological polar surface area (TPSA) is 64.7 Å². The average molecular weight is 330 g/mol. The van der Waals surface area contributed by atoms with Gasteiger partial charge in [0.25, 0.3) is 5.91 Å². The van der Waals surface area contributed by atoms with Crippen molar-refractivity contribution in [3.63, 3.8) is 0 Å². The van der Waals surface area contributed by atoms with Crippen LogP contribution in [0.2, 0.25) is 0 Å². The number of piperidine rings is 1. The molecule has 0 bridgehead atoms. The maximum atomic E-state index is 12.6. The van der Waals surface area contributed by atoms with Crippen LogP contribution in [0.25, 0.3) is 0 Å². The second kappa shape index (κ2) is 7.21. The van der Waals surface area contributed by atoms with Gasteiger partial charge in [0, 0.05) is 44.0 Å². The molecule has 1 aromatic rings. The van der Waals surface area contributed by atoms with Gasteiger partial charge >= 0.3 is 6.03 Å². The van der Waals surface area contributed by atoms with E-state index >= 15 is 0 Å². The Balaban J connectivity index is 1.68. The van der Waals surface area contributed by atoms with Crippen molar-refractivity contribution in [1.82, 2.24) is 15.1 Å². The summed E-state index contributed by atoms with van der Waals surface area (Å²) in [6.45, 7) is 5.53. The number of nitrogens with zero attached hydrogens (tertiary/aromatic N) is 2. The Hall–Kier alpha value is -2.08. The highest BCUT2D eigenvalue weighted by Gasteiger charge is 2.31. The molecule has 2 saturated heterocycles. The normalized spacial score (nSPS) is 21.1. The number of fused-ring (bicyclic) bond motifs is 1. The van der Waals surface area contributed by atoms with Gasteiger partial charge in [0.05, 0.1) is 0 Å². The van der Waals surface area contributed by atoms with E-state index in [0.717, 1.165) is 31.7 Å². The van der Waals surface area contributed by atoms with Crippen molar-refractivity contribution < 1.29 is 9.59 Å². The number of benzene rings is 1. The van der Waals surface area contributed by atoms with Gasteiger partial charge in [-0.2, -0.15) is 0 Å². The van der Waals surface area contributed by atoms with Crippen LogP contribution < -0.4 is 10.6 Å². The summed E-state index contributed by atoms with van der Waals surface area (Å²) >= 11 is 0. The van der Waals surface area contributed by atoms with Crippen LogP contribution in [0.1, 0.15) is 35.2 Å². The Kier molecular flexibility index (Phi) is 5.04. The molecular formula is C18H26N4O2. The van der Waals surface area contributed by atoms with Crippen LogP contribution in [0.5, 0.6) is 0 Å². The zero-order valence-electron chi connectivity index (χ0n) is 14.5. The van der Waals surface area contributed by atoms with E-state index < -0.39 is 0 Å². The van der Waals surface area contributed by atoms with Crippen molar-refractivity contribution >= 4 is 17.6 Å². The van der Waals surface area contributed by atoms with Gasteiger partial charge in [0.2, 0.25) is 0 Å². The van der Waals surface area contributed by atoms with Crippen LogP contribution in [0.4, 0.5) is 10.5 Å². The molecule has 1 aromatic carbocycles. The first-order valence-corrected chi connectivity index (χ1v) is 8.72. The van der Waals surface area contributed by atoms with Crippen molar-refractivity contribution in [1.29, 1.82) is 0 Å². The average Bonchev–Trinajstić information content (AvgIpc) is 2.62. The van der Waals surface area contributed by atoms with Crippen LogP contribution in [-0.4, -0.2) is 61.0 Å². The number of anilines is 1. The molecule has 6 heteroatoms. The molecule has 2 heterocycles. The summed E-state index contributed by atoms with van der Waals surface area (Å²) in [5.74, 6) is -0.139. The van der Waals surface area contributed by atoms with E-state index in [4.69, 9.17) is 0 Å². The number of amides is 3. The molecule has 1 atom stereocenters. The first-order valence-electron chi connectivity index (χ1n) is 8.72. The first-order chi connectivity index (χ1) is 11.6. The molecule has 0 aliphatic carbocycles. The molecule has 0 saturated carbocycles. The number of carbonyl (C=O) groups is 2. The minimum Gasteiger partial charge on any atom is -0.355 e. The molecular weight excluding hydrogens is 304 g/mol. The predicted molar refractivity (Wildman–Crippen MR) is 94.4 cm³/mol. The fourth-order valence-electron chi connectivity index (χ4n) is 3.69. The second-order valence-corrected chi connectivity index (χ2v) is 6.62. The van der Waals surface area contributed by atoms with Crippen LogP contribution in [0.15, 0.2) is 18.2 Å². The third-order valence-electron chi connectivity index (χ3n) is 5.17. The highest BCUT2D eigenvalue weighted by Crippen LogP contribution is 2.23. The summed E-state index contributed by atoms with van der Waals surface area (Å²) < 4.78 is 0. The van der Waals surface area contributed by atoms with Crippen LogP contribution in [-0.2, 0) is 0 Å². The second-order valence-electron chi connectivity index (χ2n) is 6.62. The molecule has 3 amide bonds. The van der Waals surface area contributed by atoms with Gasteiger partial charge in [-0.15, -0.1) is 0 Å². The molecule has 1 unspecified atom stereocenters. The van der Waals surface area contributed by atoms with Crippen molar-refractivity contribution in [2.24, 2.45) is 0 Å². The van der Waals surface area contributed by atoms with Crippen molar-refractivity contribution in [2.75, 3.05) is 38.5 Å². The van der Waals surface area contributed by atoms with Gasteiger partial charge in [-0.1, -0.05) is 12.5 Å². The third kappa shape index (κ3) is 3.38. The smallest absolute Gasteiger partial charge is 0.321 e. The zero-order valence-corrected chi connectivity index (χ0v) is 14.5. The number of piperazine rings is 1. The Morgan fingerprint density at radius 2 is 2.00 bits per heavy atom. The Bertz CT molecular complexity index is 631. The summed E-state index contributed by atoms with van der Waals surface area (Å²) in [7, 11) is 1.61. The largest absolute Gasteiger partial charge is 0.355 e. The van der Waals surface area contributed by atoms with Crippen LogP contribution in [0, 0.1) is 6.92 Å². The van der Waals surface area contributed by atoms with E-state index in [-0.39, 0.29) is 11.9 Å². The van der Waals surface area contributed by atoms with Crippen LogP contribution >= 0.6 is 0 Å². The number of rotatable bonds is 2. The molecule has 6 nitrogen and oxygen atoms in total. The molecule has 24 heavy (non-hydrogen) atoms. The molecule has 2 aliphatic heterocycles. The minimum absolute atomic E-state index is 0.0719. The summed E-state index contributed by atoms with van der Waals surface area (Å²) in [5.41, 5.74) is 2.08. The SMILES string of the molecule is CNC(=O)c1cccc(NC(=O)N2CCN3CCCCC3C2)c1C. The summed E-state index contributed by atoms with van der Waals surface area (Å²) in [4.78, 5) is 28.9. The molecule has 2 aliphatic rings. The lowest BCUT2D eigenvalue weighted by molar-refractivity contribution is 0.0678. The Morgan fingerprint density at radius 1 is 1.17 bits per heavy atom. The summed E-state index contributed by atoms with van der Waals surface area (Å²) in [6, 6.07) is 5.84. The number of nitrogens with one attached hydrogen (secondary N) is 2. The van der Waals surface area contributed by atoms with E-state index in [0.29, 0.717) is 17.3 Å². The van der Waals surface area contributed by atoms with E-state index in [2.05, 4.69) is 15.5 Å². The highest BCUT2D eigenvalue weighted by atomic mass is 16.2. The summed E-state index contributed by atoms with van der Waals surface area (Å²) in [6.07, 6.45) is 3.70. The first kappa shape index (κ1) is 16.8. The van der Waals surface area contributed by atoms with Gasteiger partial charge in [0.1, 0.15) is 0 Å². The molecule has 2 N–H and O–H groups in total. The van der Waals surface area contributed by atoms with E-state index in [1.807, 2.05) is 17.9 Å². The lowest BCUT2D eigenvalue weighted by Crippen LogP contribution is -2.56. The lowest BCUT2D eigenvalue weighted by Gasteiger charge is -2.43. The number of carbonyl (C=O) groups excluding carboxylic acids is 2. The number of urea groups is 1. The van der Waals surface area contributed by atoms with E-state index in [9.17, 15) is 9.59 Å². The fraction of sp³-hybridized carbons (Fsp3) is 0.556. The van der Waals surface area contributed by atoms with Gasteiger partial charge in [-0.25, -0.2) is 4.79 Å². The highest BCUT2D eigenvalue weighted by molar-refractivity contribution is 5.98. The number of hydrogen-bond acceptors (Lipinski definition) is 3. The van der Waals surface area contributed by atoms with E-state index in [1.165, 1.54) is 19.3 Å². The van der Waals surface area contributed by atoms with Gasteiger partial charge in [-0.05, 0) is 44.0 Å². The molecule has 0 radical (unpaired) electrons. The lowest BCUT2D eigenvalue weighted by atomic mass is 10.00. The predicted octanol–water partition coefficient (Wildman–Crippen LogP) is 2.06. The Morgan fingerprint density at radius 3 is 2.79 bits per heavy atom. The van der Waals surface area contributed by atoms with Gasteiger partial charge in [0.15, 0.2) is 0 Å². The molecule has 0 spiro atoms. The molecule has 3 rings (SSSR count).